The first-order chi connectivity index (χ1) is 12.3. The molecule has 1 aromatic rings. The van der Waals surface area contributed by atoms with Crippen molar-refractivity contribution < 1.29 is 18.0 Å². The van der Waals surface area contributed by atoms with E-state index in [0.717, 1.165) is 12.0 Å². The van der Waals surface area contributed by atoms with E-state index in [1.54, 1.807) is 24.3 Å². The molecule has 0 spiro atoms. The molecule has 146 valence electrons. The maximum absolute atomic E-state index is 11.7. The van der Waals surface area contributed by atoms with E-state index in [4.69, 9.17) is 0 Å². The Hall–Kier alpha value is -2.13. The number of rotatable bonds is 10. The first-order valence-corrected chi connectivity index (χ1v) is 10.2. The number of sulfonamides is 1. The van der Waals surface area contributed by atoms with Crippen molar-refractivity contribution in [2.24, 2.45) is 0 Å². The smallest absolute Gasteiger partial charge is 0.315 e. The maximum Gasteiger partial charge on any atom is 0.315 e. The molecule has 8 nitrogen and oxygen atoms in total. The highest BCUT2D eigenvalue weighted by atomic mass is 32.2. The molecule has 0 aliphatic heterocycles. The quantitative estimate of drug-likeness (QED) is 0.478. The highest BCUT2D eigenvalue weighted by Crippen LogP contribution is 2.07. The molecule has 9 heteroatoms. The fourth-order valence-electron chi connectivity index (χ4n) is 2.03. The van der Waals surface area contributed by atoms with Gasteiger partial charge >= 0.3 is 6.03 Å². The van der Waals surface area contributed by atoms with Gasteiger partial charge in [-0.2, -0.15) is 0 Å². The summed E-state index contributed by atoms with van der Waals surface area (Å²) in [5.74, 6) is -0.178. The summed E-state index contributed by atoms with van der Waals surface area (Å²) in [5.41, 5.74) is 1.51. The minimum Gasteiger partial charge on any atom is -0.354 e. The number of carbonyl (C=O) groups is 2. The molecule has 0 aromatic heterocycles. The minimum atomic E-state index is -3.30. The number of amides is 3. The van der Waals surface area contributed by atoms with E-state index < -0.39 is 10.0 Å². The largest absolute Gasteiger partial charge is 0.354 e. The molecule has 0 bridgehead atoms. The molecule has 1 rings (SSSR count). The molecule has 0 radical (unpaired) electrons. The third kappa shape index (κ3) is 8.82. The van der Waals surface area contributed by atoms with Crippen LogP contribution in [0, 0.1) is 0 Å². The molecule has 0 saturated carbocycles. The van der Waals surface area contributed by atoms with E-state index in [1.807, 2.05) is 13.8 Å². The number of urea groups is 1. The molecule has 4 N–H and O–H groups in total. The van der Waals surface area contributed by atoms with Gasteiger partial charge in [-0.3, -0.25) is 4.79 Å². The molecule has 3 amide bonds. The first kappa shape index (κ1) is 21.9. The summed E-state index contributed by atoms with van der Waals surface area (Å²) in [6, 6.07) is 6.72. The number of nitrogens with one attached hydrogen (secondary N) is 4. The SMILES string of the molecule is CCC(C)NC(=O)CCNC(=O)NCc1ccc(CS(=O)(=O)NC)cc1. The molecule has 0 aliphatic carbocycles. The third-order valence-electron chi connectivity index (χ3n) is 3.80. The van der Waals surface area contributed by atoms with Crippen LogP contribution in [0.3, 0.4) is 0 Å². The standard InChI is InChI=1S/C17H28N4O4S/c1-4-13(2)21-16(22)9-10-19-17(23)20-11-14-5-7-15(8-6-14)12-26(24,25)18-3/h5-8,13,18H,4,9-12H2,1-3H3,(H,21,22)(H2,19,20,23). The normalized spacial score (nSPS) is 12.3. The van der Waals surface area contributed by atoms with Gasteiger partial charge in [-0.1, -0.05) is 31.2 Å². The Bertz CT molecular complexity index is 689. The number of hydrogen-bond acceptors (Lipinski definition) is 4. The molecule has 1 atom stereocenters. The summed E-state index contributed by atoms with van der Waals surface area (Å²) in [5, 5.41) is 8.15. The van der Waals surface area contributed by atoms with Crippen LogP contribution in [0.2, 0.25) is 0 Å². The van der Waals surface area contributed by atoms with Crippen LogP contribution in [0.25, 0.3) is 0 Å². The van der Waals surface area contributed by atoms with Crippen molar-refractivity contribution in [1.82, 2.24) is 20.7 Å². The van der Waals surface area contributed by atoms with Gasteiger partial charge in [-0.25, -0.2) is 17.9 Å². The van der Waals surface area contributed by atoms with Crippen molar-refractivity contribution in [3.8, 4) is 0 Å². The average molecular weight is 385 g/mol. The Morgan fingerprint density at radius 1 is 1.08 bits per heavy atom. The molecule has 1 unspecified atom stereocenters. The second-order valence-electron chi connectivity index (χ2n) is 6.02. The summed E-state index contributed by atoms with van der Waals surface area (Å²) >= 11 is 0. The van der Waals surface area contributed by atoms with Crippen molar-refractivity contribution in [1.29, 1.82) is 0 Å². The fraction of sp³-hybridized carbons (Fsp3) is 0.529. The van der Waals surface area contributed by atoms with Crippen LogP contribution in [0.5, 0.6) is 0 Å². The van der Waals surface area contributed by atoms with Crippen molar-refractivity contribution in [2.45, 2.75) is 45.0 Å². The fourth-order valence-corrected chi connectivity index (χ4v) is 2.80. The zero-order valence-electron chi connectivity index (χ0n) is 15.5. The zero-order chi connectivity index (χ0) is 19.6. The number of carbonyl (C=O) groups excluding carboxylic acids is 2. The highest BCUT2D eigenvalue weighted by Gasteiger charge is 2.09. The lowest BCUT2D eigenvalue weighted by molar-refractivity contribution is -0.121. The summed E-state index contributed by atoms with van der Waals surface area (Å²) < 4.78 is 25.2. The topological polar surface area (TPSA) is 116 Å². The van der Waals surface area contributed by atoms with E-state index >= 15 is 0 Å². The minimum absolute atomic E-state index is 0.0869. The van der Waals surface area contributed by atoms with Gasteiger partial charge in [0, 0.05) is 25.6 Å². The summed E-state index contributed by atoms with van der Waals surface area (Å²) in [6.07, 6.45) is 1.09. The van der Waals surface area contributed by atoms with Gasteiger partial charge in [0.25, 0.3) is 0 Å². The van der Waals surface area contributed by atoms with Crippen LogP contribution in [0.1, 0.15) is 37.8 Å². The summed E-state index contributed by atoms with van der Waals surface area (Å²) in [4.78, 5) is 23.3. The summed E-state index contributed by atoms with van der Waals surface area (Å²) in [6.45, 7) is 4.49. The van der Waals surface area contributed by atoms with Gasteiger partial charge in [-0.05, 0) is 31.5 Å². The van der Waals surface area contributed by atoms with Crippen LogP contribution in [-0.4, -0.2) is 40.0 Å². The van der Waals surface area contributed by atoms with Crippen molar-refractivity contribution >= 4 is 22.0 Å². The molecule has 0 saturated heterocycles. The third-order valence-corrected chi connectivity index (χ3v) is 5.14. The first-order valence-electron chi connectivity index (χ1n) is 8.55. The van der Waals surface area contributed by atoms with Crippen LogP contribution in [0.15, 0.2) is 24.3 Å². The van der Waals surface area contributed by atoms with Gasteiger partial charge < -0.3 is 16.0 Å². The van der Waals surface area contributed by atoms with E-state index in [9.17, 15) is 18.0 Å². The van der Waals surface area contributed by atoms with Gasteiger partial charge in [0.2, 0.25) is 15.9 Å². The monoisotopic (exact) mass is 384 g/mol. The highest BCUT2D eigenvalue weighted by molar-refractivity contribution is 7.88. The number of hydrogen-bond donors (Lipinski definition) is 4. The lowest BCUT2D eigenvalue weighted by atomic mass is 10.1. The summed E-state index contributed by atoms with van der Waals surface area (Å²) in [7, 11) is -1.93. The second-order valence-corrected chi connectivity index (χ2v) is 7.94. The van der Waals surface area contributed by atoms with Crippen LogP contribution >= 0.6 is 0 Å². The predicted molar refractivity (Wildman–Crippen MR) is 101 cm³/mol. The number of benzene rings is 1. The van der Waals surface area contributed by atoms with Gasteiger partial charge in [0.15, 0.2) is 0 Å². The van der Waals surface area contributed by atoms with Crippen molar-refractivity contribution in [3.05, 3.63) is 35.4 Å². The molecular formula is C17H28N4O4S. The molecule has 0 aliphatic rings. The van der Waals surface area contributed by atoms with Gasteiger partial charge in [0.1, 0.15) is 0 Å². The van der Waals surface area contributed by atoms with Crippen LogP contribution in [0.4, 0.5) is 4.79 Å². The van der Waals surface area contributed by atoms with Gasteiger partial charge in [-0.15, -0.1) is 0 Å². The molecule has 26 heavy (non-hydrogen) atoms. The molecule has 0 fully saturated rings. The lowest BCUT2D eigenvalue weighted by Gasteiger charge is -2.12. The Kier molecular flexibility index (Phi) is 9.08. The van der Waals surface area contributed by atoms with Crippen LogP contribution < -0.4 is 20.7 Å². The predicted octanol–water partition coefficient (Wildman–Crippen LogP) is 0.840. The zero-order valence-corrected chi connectivity index (χ0v) is 16.3. The van der Waals surface area contributed by atoms with Crippen molar-refractivity contribution in [2.75, 3.05) is 13.6 Å². The van der Waals surface area contributed by atoms with Crippen LogP contribution in [-0.2, 0) is 27.1 Å². The lowest BCUT2D eigenvalue weighted by Crippen LogP contribution is -2.38. The Labute approximate surface area is 155 Å². The van der Waals surface area contributed by atoms with E-state index in [-0.39, 0.29) is 36.7 Å². The second kappa shape index (κ2) is 10.8. The van der Waals surface area contributed by atoms with Gasteiger partial charge in [0.05, 0.1) is 5.75 Å². The Balaban J connectivity index is 2.31. The molecular weight excluding hydrogens is 356 g/mol. The van der Waals surface area contributed by atoms with E-state index in [2.05, 4.69) is 20.7 Å². The Morgan fingerprint density at radius 2 is 1.69 bits per heavy atom. The van der Waals surface area contributed by atoms with Crippen molar-refractivity contribution in [3.63, 3.8) is 0 Å². The molecule has 0 heterocycles. The van der Waals surface area contributed by atoms with E-state index in [1.165, 1.54) is 7.05 Å². The Morgan fingerprint density at radius 3 is 2.27 bits per heavy atom. The average Bonchev–Trinajstić information content (AvgIpc) is 2.60. The molecule has 1 aromatic carbocycles. The maximum atomic E-state index is 11.7. The van der Waals surface area contributed by atoms with E-state index in [0.29, 0.717) is 12.1 Å².